The second-order valence-corrected chi connectivity index (χ2v) is 10.1. The molecule has 1 aliphatic carbocycles. The Morgan fingerprint density at radius 1 is 1.28 bits per heavy atom. The van der Waals surface area contributed by atoms with Gasteiger partial charge in [-0.15, -0.1) is 0 Å². The molecule has 3 atom stereocenters. The van der Waals surface area contributed by atoms with Crippen molar-refractivity contribution in [2.75, 3.05) is 13.1 Å². The summed E-state index contributed by atoms with van der Waals surface area (Å²) < 4.78 is 5.82. The summed E-state index contributed by atoms with van der Waals surface area (Å²) in [5.41, 5.74) is 1.98. The molecule has 160 valence electrons. The maximum Gasteiger partial charge on any atom is 0.411 e. The molecule has 1 aromatic rings. The molecular formula is C25H38N2O2. The highest BCUT2D eigenvalue weighted by Crippen LogP contribution is 2.48. The van der Waals surface area contributed by atoms with E-state index in [4.69, 9.17) is 4.74 Å². The highest BCUT2D eigenvalue weighted by Gasteiger charge is 2.53. The van der Waals surface area contributed by atoms with Gasteiger partial charge in [0.05, 0.1) is 0 Å². The van der Waals surface area contributed by atoms with Crippen LogP contribution in [0.5, 0.6) is 0 Å². The van der Waals surface area contributed by atoms with Crippen LogP contribution in [-0.2, 0) is 4.74 Å². The van der Waals surface area contributed by atoms with Gasteiger partial charge in [-0.25, -0.2) is 4.79 Å². The first-order chi connectivity index (χ1) is 13.7. The number of rotatable bonds is 5. The zero-order valence-corrected chi connectivity index (χ0v) is 18.8. The van der Waals surface area contributed by atoms with Crippen molar-refractivity contribution in [1.29, 1.82) is 0 Å². The second kappa shape index (κ2) is 8.91. The molecule has 1 heterocycles. The number of carbonyl (C=O) groups is 1. The Morgan fingerprint density at radius 2 is 2.00 bits per heavy atom. The van der Waals surface area contributed by atoms with E-state index >= 15 is 0 Å². The quantitative estimate of drug-likeness (QED) is 0.698. The van der Waals surface area contributed by atoms with E-state index in [9.17, 15) is 4.79 Å². The van der Waals surface area contributed by atoms with Crippen LogP contribution in [0.25, 0.3) is 6.08 Å². The number of carbonyl (C=O) groups excluding carboxylic acids is 1. The van der Waals surface area contributed by atoms with Crippen molar-refractivity contribution in [3.63, 3.8) is 0 Å². The van der Waals surface area contributed by atoms with Crippen LogP contribution >= 0.6 is 0 Å². The van der Waals surface area contributed by atoms with Gasteiger partial charge >= 0.3 is 6.09 Å². The molecular weight excluding hydrogens is 360 g/mol. The lowest BCUT2D eigenvalue weighted by atomic mass is 9.74. The zero-order chi connectivity index (χ0) is 21.1. The van der Waals surface area contributed by atoms with Crippen LogP contribution in [0.2, 0.25) is 0 Å². The van der Waals surface area contributed by atoms with Crippen LogP contribution in [-0.4, -0.2) is 41.3 Å². The van der Waals surface area contributed by atoms with Crippen molar-refractivity contribution < 1.29 is 9.53 Å². The highest BCUT2D eigenvalue weighted by atomic mass is 16.6. The summed E-state index contributed by atoms with van der Waals surface area (Å²) in [6.45, 7) is 11.9. The van der Waals surface area contributed by atoms with E-state index in [0.29, 0.717) is 5.92 Å². The fourth-order valence-electron chi connectivity index (χ4n) is 5.09. The minimum Gasteiger partial charge on any atom is -0.444 e. The fourth-order valence-corrected chi connectivity index (χ4v) is 5.09. The number of nitrogens with one attached hydrogen (secondary N) is 1. The number of nitrogens with zero attached hydrogens (tertiary/aromatic N) is 1. The Hall–Kier alpha value is -1.81. The maximum absolute atomic E-state index is 13.1. The molecule has 0 radical (unpaired) electrons. The van der Waals surface area contributed by atoms with Gasteiger partial charge in [-0.3, -0.25) is 4.90 Å². The van der Waals surface area contributed by atoms with Crippen molar-refractivity contribution in [2.45, 2.75) is 83.9 Å². The standard InChI is InChI=1S/C25H38N2O2/c1-19(15-20-11-7-6-8-12-20)17-26-18-22-16-21-13-9-10-14-25(21,5)27(22)23(28)29-24(2,3)4/h6-8,11-12,15,21-22,26H,9-10,13-14,16-18H2,1-5H3/b19-15+/t21-,22-,25-/m0/s1. The van der Waals surface area contributed by atoms with Crippen molar-refractivity contribution in [2.24, 2.45) is 5.92 Å². The molecule has 0 spiro atoms. The van der Waals surface area contributed by atoms with Crippen LogP contribution in [0.1, 0.15) is 72.3 Å². The van der Waals surface area contributed by atoms with Gasteiger partial charge in [0.25, 0.3) is 0 Å². The molecule has 3 rings (SSSR count). The summed E-state index contributed by atoms with van der Waals surface area (Å²) in [5, 5.41) is 3.60. The van der Waals surface area contributed by atoms with E-state index in [-0.39, 0.29) is 17.7 Å². The number of ether oxygens (including phenoxy) is 1. The van der Waals surface area contributed by atoms with Crippen LogP contribution < -0.4 is 5.32 Å². The van der Waals surface area contributed by atoms with Crippen molar-refractivity contribution >= 4 is 12.2 Å². The van der Waals surface area contributed by atoms with Crippen LogP contribution in [0.4, 0.5) is 4.79 Å². The molecule has 1 saturated carbocycles. The summed E-state index contributed by atoms with van der Waals surface area (Å²) in [5.74, 6) is 0.580. The van der Waals surface area contributed by atoms with Gasteiger partial charge in [0.15, 0.2) is 0 Å². The predicted molar refractivity (Wildman–Crippen MR) is 120 cm³/mol. The first-order valence-corrected chi connectivity index (χ1v) is 11.1. The van der Waals surface area contributed by atoms with Gasteiger partial charge in [-0.2, -0.15) is 0 Å². The van der Waals surface area contributed by atoms with Gasteiger partial charge in [-0.05, 0) is 65.4 Å². The highest BCUT2D eigenvalue weighted by molar-refractivity contribution is 5.70. The van der Waals surface area contributed by atoms with E-state index in [1.54, 1.807) is 0 Å². The average Bonchev–Trinajstić information content (AvgIpc) is 2.93. The number of hydrogen-bond donors (Lipinski definition) is 1. The Labute approximate surface area is 176 Å². The molecule has 0 aromatic heterocycles. The molecule has 2 fully saturated rings. The van der Waals surface area contributed by atoms with Crippen molar-refractivity contribution in [3.8, 4) is 0 Å². The van der Waals surface area contributed by atoms with Crippen LogP contribution in [0, 0.1) is 5.92 Å². The topological polar surface area (TPSA) is 41.6 Å². The molecule has 4 nitrogen and oxygen atoms in total. The number of amides is 1. The lowest BCUT2D eigenvalue weighted by molar-refractivity contribution is -0.0102. The van der Waals surface area contributed by atoms with E-state index in [2.05, 4.69) is 54.4 Å². The average molecular weight is 399 g/mol. The van der Waals surface area contributed by atoms with E-state index in [1.807, 2.05) is 26.8 Å². The first kappa shape index (κ1) is 21.9. The summed E-state index contributed by atoms with van der Waals surface area (Å²) in [4.78, 5) is 15.2. The molecule has 2 aliphatic rings. The Kier molecular flexibility index (Phi) is 6.72. The third-order valence-electron chi connectivity index (χ3n) is 6.42. The second-order valence-electron chi connectivity index (χ2n) is 10.1. The van der Waals surface area contributed by atoms with Crippen LogP contribution in [0.3, 0.4) is 0 Å². The van der Waals surface area contributed by atoms with Gasteiger partial charge in [0.2, 0.25) is 0 Å². The first-order valence-electron chi connectivity index (χ1n) is 11.1. The SMILES string of the molecule is C/C(=C\c1ccccc1)CNC[C@@H]1C[C@@H]2CCCC[C@]2(C)N1C(=O)OC(C)(C)C. The van der Waals surface area contributed by atoms with Crippen LogP contribution in [0.15, 0.2) is 35.9 Å². The molecule has 1 aliphatic heterocycles. The zero-order valence-electron chi connectivity index (χ0n) is 18.8. The number of likely N-dealkylation sites (tertiary alicyclic amines) is 1. The summed E-state index contributed by atoms with van der Waals surface area (Å²) in [6, 6.07) is 10.6. The van der Waals surface area contributed by atoms with Gasteiger partial charge < -0.3 is 10.1 Å². The molecule has 0 bridgehead atoms. The summed E-state index contributed by atoms with van der Waals surface area (Å²) in [6.07, 6.45) is 7.93. The Bertz CT molecular complexity index is 722. The normalized spacial score (nSPS) is 27.6. The molecule has 1 saturated heterocycles. The molecule has 4 heteroatoms. The van der Waals surface area contributed by atoms with Gasteiger partial charge in [-0.1, -0.05) is 54.8 Å². The Morgan fingerprint density at radius 3 is 2.69 bits per heavy atom. The maximum atomic E-state index is 13.1. The van der Waals surface area contributed by atoms with E-state index < -0.39 is 5.60 Å². The number of benzene rings is 1. The number of fused-ring (bicyclic) bond motifs is 1. The Balaban J connectivity index is 1.66. The third-order valence-corrected chi connectivity index (χ3v) is 6.42. The van der Waals surface area contributed by atoms with E-state index in [1.165, 1.54) is 30.4 Å². The summed E-state index contributed by atoms with van der Waals surface area (Å²) >= 11 is 0. The minimum atomic E-state index is -0.465. The van der Waals surface area contributed by atoms with Crippen molar-refractivity contribution in [1.82, 2.24) is 10.2 Å². The third kappa shape index (κ3) is 5.42. The summed E-state index contributed by atoms with van der Waals surface area (Å²) in [7, 11) is 0. The number of hydrogen-bond acceptors (Lipinski definition) is 3. The molecule has 0 unspecified atom stereocenters. The largest absolute Gasteiger partial charge is 0.444 e. The van der Waals surface area contributed by atoms with Gasteiger partial charge in [0.1, 0.15) is 5.60 Å². The smallest absolute Gasteiger partial charge is 0.411 e. The fraction of sp³-hybridized carbons (Fsp3) is 0.640. The molecule has 1 amide bonds. The molecule has 1 N–H and O–H groups in total. The predicted octanol–water partition coefficient (Wildman–Crippen LogP) is 5.64. The lowest BCUT2D eigenvalue weighted by Gasteiger charge is -2.44. The van der Waals surface area contributed by atoms with E-state index in [0.717, 1.165) is 25.9 Å². The van der Waals surface area contributed by atoms with Crippen molar-refractivity contribution in [3.05, 3.63) is 41.5 Å². The monoisotopic (exact) mass is 398 g/mol. The minimum absolute atomic E-state index is 0.0676. The molecule has 29 heavy (non-hydrogen) atoms. The molecule has 1 aromatic carbocycles. The lowest BCUT2D eigenvalue weighted by Crippen LogP contribution is -2.55. The van der Waals surface area contributed by atoms with Gasteiger partial charge in [0, 0.05) is 24.7 Å².